The fourth-order valence-electron chi connectivity index (χ4n) is 1.69. The number of amides is 2. The van der Waals surface area contributed by atoms with Crippen molar-refractivity contribution in [2.45, 2.75) is 64.6 Å². The molecule has 134 valence electrons. The fraction of sp³-hybridized carbons (Fsp3) is 0.800. The third-order valence-corrected chi connectivity index (χ3v) is 2.81. The van der Waals surface area contributed by atoms with E-state index in [0.717, 1.165) is 0 Å². The van der Waals surface area contributed by atoms with Crippen LogP contribution >= 0.6 is 0 Å². The molecule has 8 heteroatoms. The predicted octanol–water partition coefficient (Wildman–Crippen LogP) is 0.686. The summed E-state index contributed by atoms with van der Waals surface area (Å²) in [6, 6.07) is -1.33. The first-order valence-corrected chi connectivity index (χ1v) is 7.67. The number of carbonyl (C=O) groups excluding carboxylic acids is 3. The lowest BCUT2D eigenvalue weighted by atomic mass is 10.1. The molecule has 0 aliphatic heterocycles. The summed E-state index contributed by atoms with van der Waals surface area (Å²) in [5.41, 5.74) is 4.78. The van der Waals surface area contributed by atoms with Gasteiger partial charge in [-0.25, -0.2) is 9.59 Å². The highest BCUT2D eigenvalue weighted by Gasteiger charge is 2.24. The van der Waals surface area contributed by atoms with Gasteiger partial charge in [0.15, 0.2) is 0 Å². The first-order valence-electron chi connectivity index (χ1n) is 7.67. The Labute approximate surface area is 137 Å². The van der Waals surface area contributed by atoms with E-state index >= 15 is 0 Å². The number of carbonyl (C=O) groups is 3. The number of methoxy groups -OCH3 is 1. The Hall–Kier alpha value is -1.83. The van der Waals surface area contributed by atoms with E-state index in [-0.39, 0.29) is 5.91 Å². The average Bonchev–Trinajstić information content (AvgIpc) is 2.42. The number of ether oxygens (including phenoxy) is 2. The quantitative estimate of drug-likeness (QED) is 0.444. The normalized spacial score (nSPS) is 13.7. The van der Waals surface area contributed by atoms with E-state index in [9.17, 15) is 14.4 Å². The molecule has 0 aromatic carbocycles. The summed E-state index contributed by atoms with van der Waals surface area (Å²) >= 11 is 0. The maximum absolute atomic E-state index is 11.7. The van der Waals surface area contributed by atoms with Gasteiger partial charge in [-0.05, 0) is 47.0 Å². The molecule has 0 aromatic rings. The van der Waals surface area contributed by atoms with Crippen LogP contribution in [0.4, 0.5) is 4.79 Å². The summed E-state index contributed by atoms with van der Waals surface area (Å²) in [6.07, 6.45) is 0.995. The Morgan fingerprint density at radius 1 is 1.17 bits per heavy atom. The predicted molar refractivity (Wildman–Crippen MR) is 85.7 cm³/mol. The SMILES string of the molecule is COC(=O)[C@H](CCCCNC(=O)[C@@H](C)N)NC(=O)OC(C)(C)C. The van der Waals surface area contributed by atoms with Crippen molar-refractivity contribution >= 4 is 18.0 Å². The van der Waals surface area contributed by atoms with E-state index in [1.165, 1.54) is 7.11 Å². The molecule has 0 aliphatic rings. The summed E-state index contributed by atoms with van der Waals surface area (Å²) in [5, 5.41) is 5.18. The first-order chi connectivity index (χ1) is 10.6. The summed E-state index contributed by atoms with van der Waals surface area (Å²) in [5.74, 6) is -0.753. The maximum Gasteiger partial charge on any atom is 0.408 e. The van der Waals surface area contributed by atoms with E-state index in [1.807, 2.05) is 0 Å². The largest absolute Gasteiger partial charge is 0.467 e. The highest BCUT2D eigenvalue weighted by Crippen LogP contribution is 2.08. The molecule has 0 aliphatic carbocycles. The molecule has 0 unspecified atom stereocenters. The minimum Gasteiger partial charge on any atom is -0.467 e. The van der Waals surface area contributed by atoms with Gasteiger partial charge in [-0.15, -0.1) is 0 Å². The zero-order valence-electron chi connectivity index (χ0n) is 14.6. The molecule has 0 aromatic heterocycles. The van der Waals surface area contributed by atoms with Gasteiger partial charge in [-0.1, -0.05) is 0 Å². The van der Waals surface area contributed by atoms with Crippen LogP contribution in [0.1, 0.15) is 47.0 Å². The van der Waals surface area contributed by atoms with Crippen molar-refractivity contribution in [1.82, 2.24) is 10.6 Å². The van der Waals surface area contributed by atoms with Gasteiger partial charge in [0.1, 0.15) is 11.6 Å². The molecule has 8 nitrogen and oxygen atoms in total. The second-order valence-corrected chi connectivity index (χ2v) is 6.30. The van der Waals surface area contributed by atoms with Crippen molar-refractivity contribution in [3.05, 3.63) is 0 Å². The third kappa shape index (κ3) is 10.5. The summed E-state index contributed by atoms with van der Waals surface area (Å²) < 4.78 is 9.79. The number of unbranched alkanes of at least 4 members (excludes halogenated alkanes) is 1. The van der Waals surface area contributed by atoms with Crippen LogP contribution in [0, 0.1) is 0 Å². The number of hydrogen-bond donors (Lipinski definition) is 3. The van der Waals surface area contributed by atoms with Gasteiger partial charge >= 0.3 is 12.1 Å². The second-order valence-electron chi connectivity index (χ2n) is 6.30. The average molecular weight is 331 g/mol. The number of alkyl carbamates (subject to hydrolysis) is 1. The molecule has 2 amide bonds. The maximum atomic E-state index is 11.7. The highest BCUT2D eigenvalue weighted by atomic mass is 16.6. The van der Waals surface area contributed by atoms with Crippen molar-refractivity contribution in [1.29, 1.82) is 0 Å². The van der Waals surface area contributed by atoms with Gasteiger partial charge in [0.2, 0.25) is 5.91 Å². The van der Waals surface area contributed by atoms with Gasteiger partial charge in [-0.3, -0.25) is 4.79 Å². The monoisotopic (exact) mass is 331 g/mol. The molecule has 0 radical (unpaired) electrons. The lowest BCUT2D eigenvalue weighted by molar-refractivity contribution is -0.143. The van der Waals surface area contributed by atoms with Crippen molar-refractivity contribution < 1.29 is 23.9 Å². The Morgan fingerprint density at radius 2 is 1.78 bits per heavy atom. The topological polar surface area (TPSA) is 120 Å². The summed E-state index contributed by atoms with van der Waals surface area (Å²) in [6.45, 7) is 7.27. The van der Waals surface area contributed by atoms with Crippen LogP contribution in [0.3, 0.4) is 0 Å². The zero-order chi connectivity index (χ0) is 18.0. The second kappa shape index (κ2) is 10.0. The van der Waals surface area contributed by atoms with Gasteiger partial charge < -0.3 is 25.8 Å². The number of nitrogens with two attached hydrogens (primary N) is 1. The molecular weight excluding hydrogens is 302 g/mol. The molecular formula is C15H29N3O5. The van der Waals surface area contributed by atoms with Crippen molar-refractivity contribution in [2.75, 3.05) is 13.7 Å². The van der Waals surface area contributed by atoms with Gasteiger partial charge in [0, 0.05) is 6.54 Å². The third-order valence-electron chi connectivity index (χ3n) is 2.81. The molecule has 0 bridgehead atoms. The summed E-state index contributed by atoms with van der Waals surface area (Å²) in [7, 11) is 1.26. The summed E-state index contributed by atoms with van der Waals surface area (Å²) in [4.78, 5) is 34.7. The standard InChI is InChI=1S/C15H29N3O5/c1-10(16)12(19)17-9-7-6-8-11(13(20)22-5)18-14(21)23-15(2,3)4/h10-11H,6-9,16H2,1-5H3,(H,17,19)(H,18,21)/t10-,11+/m1/s1. The van der Waals surface area contributed by atoms with Crippen LogP contribution in [0.5, 0.6) is 0 Å². The lowest BCUT2D eigenvalue weighted by Crippen LogP contribution is -2.44. The van der Waals surface area contributed by atoms with Crippen LogP contribution in [-0.2, 0) is 19.1 Å². The Kier molecular flexibility index (Phi) is 9.24. The Balaban J connectivity index is 4.24. The lowest BCUT2D eigenvalue weighted by Gasteiger charge is -2.22. The molecule has 0 rings (SSSR count). The molecule has 0 saturated carbocycles. The van der Waals surface area contributed by atoms with Crippen LogP contribution in [0.25, 0.3) is 0 Å². The van der Waals surface area contributed by atoms with E-state index in [2.05, 4.69) is 15.4 Å². The van der Waals surface area contributed by atoms with E-state index in [0.29, 0.717) is 25.8 Å². The molecule has 2 atom stereocenters. The van der Waals surface area contributed by atoms with Gasteiger partial charge in [0.05, 0.1) is 13.2 Å². The van der Waals surface area contributed by atoms with Crippen molar-refractivity contribution in [3.8, 4) is 0 Å². The minimum atomic E-state index is -0.779. The van der Waals surface area contributed by atoms with Crippen molar-refractivity contribution in [2.24, 2.45) is 5.73 Å². The molecule has 0 saturated heterocycles. The smallest absolute Gasteiger partial charge is 0.408 e. The molecule has 0 heterocycles. The van der Waals surface area contributed by atoms with Crippen LogP contribution in [-0.4, -0.2) is 49.3 Å². The zero-order valence-corrected chi connectivity index (χ0v) is 14.6. The van der Waals surface area contributed by atoms with Crippen molar-refractivity contribution in [3.63, 3.8) is 0 Å². The number of nitrogens with one attached hydrogen (secondary N) is 2. The van der Waals surface area contributed by atoms with E-state index in [4.69, 9.17) is 10.5 Å². The highest BCUT2D eigenvalue weighted by molar-refractivity contribution is 5.81. The Bertz CT molecular complexity index is 404. The number of hydrogen-bond acceptors (Lipinski definition) is 6. The molecule has 4 N–H and O–H groups in total. The molecule has 23 heavy (non-hydrogen) atoms. The van der Waals surface area contributed by atoms with Gasteiger partial charge in [0.25, 0.3) is 0 Å². The van der Waals surface area contributed by atoms with Crippen LogP contribution in [0.2, 0.25) is 0 Å². The van der Waals surface area contributed by atoms with Gasteiger partial charge in [-0.2, -0.15) is 0 Å². The molecule has 0 fully saturated rings. The fourth-order valence-corrected chi connectivity index (χ4v) is 1.69. The number of esters is 1. The van der Waals surface area contributed by atoms with E-state index < -0.39 is 29.7 Å². The van der Waals surface area contributed by atoms with Crippen LogP contribution < -0.4 is 16.4 Å². The van der Waals surface area contributed by atoms with E-state index in [1.54, 1.807) is 27.7 Å². The Morgan fingerprint density at radius 3 is 2.26 bits per heavy atom. The minimum absolute atomic E-state index is 0.221. The number of rotatable bonds is 8. The van der Waals surface area contributed by atoms with Crippen LogP contribution in [0.15, 0.2) is 0 Å². The molecule has 0 spiro atoms. The first kappa shape index (κ1) is 21.2.